The maximum Gasteiger partial charge on any atom is 0.222 e. The van der Waals surface area contributed by atoms with Crippen LogP contribution in [0.5, 0.6) is 0 Å². The van der Waals surface area contributed by atoms with E-state index in [0.717, 1.165) is 38.2 Å². The topological polar surface area (TPSA) is 67.2 Å². The van der Waals surface area contributed by atoms with E-state index in [-0.39, 0.29) is 11.9 Å². The molecule has 4 rings (SSSR count). The quantitative estimate of drug-likeness (QED) is 0.761. The van der Waals surface area contributed by atoms with Gasteiger partial charge in [0, 0.05) is 45.4 Å². The molecular formula is C23H36N4O2. The molecule has 2 amide bonds. The van der Waals surface area contributed by atoms with Crippen molar-refractivity contribution in [3.63, 3.8) is 0 Å². The predicted molar refractivity (Wildman–Crippen MR) is 112 cm³/mol. The van der Waals surface area contributed by atoms with Gasteiger partial charge in [0.2, 0.25) is 11.8 Å². The molecule has 1 aliphatic heterocycles. The molecule has 1 N–H and O–H groups in total. The van der Waals surface area contributed by atoms with Crippen LogP contribution in [0.4, 0.5) is 0 Å². The number of likely N-dealkylation sites (tertiary alicyclic amines) is 1. The molecule has 0 aromatic carbocycles. The molecule has 3 fully saturated rings. The third-order valence-corrected chi connectivity index (χ3v) is 7.18. The van der Waals surface area contributed by atoms with Crippen molar-refractivity contribution in [2.45, 2.75) is 76.7 Å². The van der Waals surface area contributed by atoms with E-state index in [4.69, 9.17) is 0 Å². The summed E-state index contributed by atoms with van der Waals surface area (Å²) < 4.78 is 2.01. The first-order chi connectivity index (χ1) is 14.1. The Morgan fingerprint density at radius 1 is 1.03 bits per heavy atom. The van der Waals surface area contributed by atoms with Crippen LogP contribution in [0.15, 0.2) is 12.4 Å². The van der Waals surface area contributed by atoms with E-state index in [1.165, 1.54) is 44.9 Å². The third-order valence-electron chi connectivity index (χ3n) is 7.18. The first-order valence-corrected chi connectivity index (χ1v) is 11.6. The first-order valence-electron chi connectivity index (χ1n) is 11.6. The molecule has 2 saturated carbocycles. The van der Waals surface area contributed by atoms with Gasteiger partial charge in [0.15, 0.2) is 0 Å². The highest BCUT2D eigenvalue weighted by atomic mass is 16.2. The minimum absolute atomic E-state index is 0.0414. The summed E-state index contributed by atoms with van der Waals surface area (Å²) in [4.78, 5) is 31.8. The molecule has 6 nitrogen and oxygen atoms in total. The highest BCUT2D eigenvalue weighted by Crippen LogP contribution is 2.40. The zero-order chi connectivity index (χ0) is 20.2. The summed E-state index contributed by atoms with van der Waals surface area (Å²) in [6, 6.07) is 0.0414. The Bertz CT molecular complexity index is 697. The third kappa shape index (κ3) is 5.40. The molecule has 2 aliphatic carbocycles. The Labute approximate surface area is 174 Å². The number of nitrogens with one attached hydrogen (secondary N) is 1. The van der Waals surface area contributed by atoms with E-state index in [9.17, 15) is 9.59 Å². The van der Waals surface area contributed by atoms with Crippen molar-refractivity contribution in [1.29, 1.82) is 0 Å². The molecule has 0 spiro atoms. The number of imidazole rings is 1. The van der Waals surface area contributed by atoms with Crippen molar-refractivity contribution >= 4 is 11.8 Å². The number of carbonyl (C=O) groups is 2. The Hall–Kier alpha value is -1.85. The SMILES string of the molecule is Cn1ccnc1C(NC(=O)CC1CCN(C(=O)CC2CCCCC2)CC1)C1CC1. The molecule has 1 aromatic rings. The number of aryl methyl sites for hydroxylation is 1. The molecule has 3 aliphatic rings. The average Bonchev–Trinajstić information content (AvgIpc) is 3.48. The van der Waals surface area contributed by atoms with E-state index in [2.05, 4.69) is 10.3 Å². The van der Waals surface area contributed by atoms with E-state index in [1.807, 2.05) is 22.7 Å². The zero-order valence-electron chi connectivity index (χ0n) is 17.8. The fraction of sp³-hybridized carbons (Fsp3) is 0.783. The monoisotopic (exact) mass is 400 g/mol. The number of rotatable bonds is 7. The van der Waals surface area contributed by atoms with Gasteiger partial charge in [0.25, 0.3) is 0 Å². The first kappa shape index (κ1) is 20.4. The van der Waals surface area contributed by atoms with Gasteiger partial charge in [0.1, 0.15) is 5.82 Å². The summed E-state index contributed by atoms with van der Waals surface area (Å²) in [6.07, 6.45) is 15.6. The van der Waals surface area contributed by atoms with Crippen LogP contribution in [-0.4, -0.2) is 39.4 Å². The molecule has 2 heterocycles. The standard InChI is InChI=1S/C23H36N4O2/c1-26-14-11-24-23(26)22(19-7-8-19)25-20(28)15-18-9-12-27(13-10-18)21(29)16-17-5-3-2-4-6-17/h11,14,17-19,22H,2-10,12-13,15-16H2,1H3,(H,25,28). The lowest BCUT2D eigenvalue weighted by Gasteiger charge is -2.33. The van der Waals surface area contributed by atoms with Crippen molar-refractivity contribution in [2.24, 2.45) is 24.8 Å². The van der Waals surface area contributed by atoms with Crippen LogP contribution in [0.25, 0.3) is 0 Å². The summed E-state index contributed by atoms with van der Waals surface area (Å²) in [5.74, 6) is 2.95. The molecule has 1 atom stereocenters. The van der Waals surface area contributed by atoms with Crippen LogP contribution < -0.4 is 5.32 Å². The van der Waals surface area contributed by atoms with Gasteiger partial charge >= 0.3 is 0 Å². The normalized spacial score (nSPS) is 22.4. The molecule has 6 heteroatoms. The number of amides is 2. The number of carbonyl (C=O) groups excluding carboxylic acids is 2. The summed E-state index contributed by atoms with van der Waals surface area (Å²) in [6.45, 7) is 1.63. The van der Waals surface area contributed by atoms with E-state index in [1.54, 1.807) is 6.20 Å². The molecule has 1 aromatic heterocycles. The number of hydrogen-bond donors (Lipinski definition) is 1. The zero-order valence-corrected chi connectivity index (χ0v) is 17.8. The van der Waals surface area contributed by atoms with Crippen LogP contribution in [-0.2, 0) is 16.6 Å². The molecule has 1 saturated heterocycles. The largest absolute Gasteiger partial charge is 0.346 e. The van der Waals surface area contributed by atoms with Crippen molar-refractivity contribution in [2.75, 3.05) is 13.1 Å². The van der Waals surface area contributed by atoms with E-state index >= 15 is 0 Å². The lowest BCUT2D eigenvalue weighted by molar-refractivity contribution is -0.134. The molecule has 1 unspecified atom stereocenters. The van der Waals surface area contributed by atoms with Gasteiger partial charge in [-0.25, -0.2) is 4.98 Å². The fourth-order valence-corrected chi connectivity index (χ4v) is 5.15. The van der Waals surface area contributed by atoms with Gasteiger partial charge in [-0.2, -0.15) is 0 Å². The van der Waals surface area contributed by atoms with Gasteiger partial charge in [0.05, 0.1) is 6.04 Å². The van der Waals surface area contributed by atoms with Crippen molar-refractivity contribution < 1.29 is 9.59 Å². The number of piperidine rings is 1. The molecule has 29 heavy (non-hydrogen) atoms. The van der Waals surface area contributed by atoms with Crippen LogP contribution in [0.1, 0.15) is 82.5 Å². The summed E-state index contributed by atoms with van der Waals surface area (Å²) >= 11 is 0. The molecule has 160 valence electrons. The average molecular weight is 401 g/mol. The minimum Gasteiger partial charge on any atom is -0.346 e. The number of nitrogens with zero attached hydrogens (tertiary/aromatic N) is 3. The van der Waals surface area contributed by atoms with Crippen LogP contribution >= 0.6 is 0 Å². The van der Waals surface area contributed by atoms with Gasteiger partial charge in [-0.1, -0.05) is 19.3 Å². The lowest BCUT2D eigenvalue weighted by Crippen LogP contribution is -2.41. The fourth-order valence-electron chi connectivity index (χ4n) is 5.15. The van der Waals surface area contributed by atoms with Gasteiger partial charge < -0.3 is 14.8 Å². The lowest BCUT2D eigenvalue weighted by atomic mass is 9.86. The van der Waals surface area contributed by atoms with Crippen LogP contribution in [0.3, 0.4) is 0 Å². The van der Waals surface area contributed by atoms with Gasteiger partial charge in [-0.3, -0.25) is 9.59 Å². The maximum absolute atomic E-state index is 12.7. The molecular weight excluding hydrogens is 364 g/mol. The van der Waals surface area contributed by atoms with Gasteiger partial charge in [-0.15, -0.1) is 0 Å². The van der Waals surface area contributed by atoms with Gasteiger partial charge in [-0.05, 0) is 56.3 Å². The van der Waals surface area contributed by atoms with Crippen molar-refractivity contribution in [1.82, 2.24) is 19.8 Å². The van der Waals surface area contributed by atoms with Crippen molar-refractivity contribution in [3.05, 3.63) is 18.2 Å². The predicted octanol–water partition coefficient (Wildman–Crippen LogP) is 3.59. The maximum atomic E-state index is 12.7. The molecule has 0 bridgehead atoms. The highest BCUT2D eigenvalue weighted by Gasteiger charge is 2.36. The number of aromatic nitrogens is 2. The second-order valence-electron chi connectivity index (χ2n) is 9.52. The Balaban J connectivity index is 1.21. The second-order valence-corrected chi connectivity index (χ2v) is 9.52. The summed E-state index contributed by atoms with van der Waals surface area (Å²) in [5, 5.41) is 3.25. The molecule has 0 radical (unpaired) electrons. The van der Waals surface area contributed by atoms with Crippen LogP contribution in [0.2, 0.25) is 0 Å². The highest BCUT2D eigenvalue weighted by molar-refractivity contribution is 5.77. The second kappa shape index (κ2) is 9.31. The summed E-state index contributed by atoms with van der Waals surface area (Å²) in [7, 11) is 1.99. The van der Waals surface area contributed by atoms with E-state index in [0.29, 0.717) is 30.1 Å². The van der Waals surface area contributed by atoms with E-state index < -0.39 is 0 Å². The Morgan fingerprint density at radius 2 is 1.72 bits per heavy atom. The van der Waals surface area contributed by atoms with Crippen molar-refractivity contribution in [3.8, 4) is 0 Å². The van der Waals surface area contributed by atoms with Crippen LogP contribution in [0, 0.1) is 17.8 Å². The smallest absolute Gasteiger partial charge is 0.222 e. The summed E-state index contributed by atoms with van der Waals surface area (Å²) in [5.41, 5.74) is 0. The minimum atomic E-state index is 0.0414. The Morgan fingerprint density at radius 3 is 2.34 bits per heavy atom. The number of hydrogen-bond acceptors (Lipinski definition) is 3. The Kier molecular flexibility index (Phi) is 6.56.